The van der Waals surface area contributed by atoms with E-state index in [0.29, 0.717) is 6.04 Å². The van der Waals surface area contributed by atoms with Gasteiger partial charge in [0, 0.05) is 36.4 Å². The summed E-state index contributed by atoms with van der Waals surface area (Å²) < 4.78 is 5.52. The van der Waals surface area contributed by atoms with Gasteiger partial charge in [-0.3, -0.25) is 4.90 Å². The van der Waals surface area contributed by atoms with E-state index in [1.165, 1.54) is 38.0 Å². The van der Waals surface area contributed by atoms with E-state index in [0.717, 1.165) is 24.4 Å². The van der Waals surface area contributed by atoms with Gasteiger partial charge in [-0.1, -0.05) is 6.07 Å². The Kier molecular flexibility index (Phi) is 4.36. The summed E-state index contributed by atoms with van der Waals surface area (Å²) in [4.78, 5) is 5.15. The van der Waals surface area contributed by atoms with E-state index < -0.39 is 0 Å². The smallest absolute Gasteiger partial charge is 0.125 e. The Bertz CT molecular complexity index is 483. The second kappa shape index (κ2) is 6.24. The average Bonchev–Trinajstić information content (AvgIpc) is 3.16. The summed E-state index contributed by atoms with van der Waals surface area (Å²) in [6.45, 7) is 6.82. The van der Waals surface area contributed by atoms with Crippen molar-refractivity contribution < 1.29 is 4.74 Å². The molecule has 2 saturated heterocycles. The van der Waals surface area contributed by atoms with Gasteiger partial charge in [-0.25, -0.2) is 0 Å². The summed E-state index contributed by atoms with van der Waals surface area (Å²) in [5.41, 5.74) is 8.59. The highest BCUT2D eigenvalue weighted by atomic mass is 16.5. The monoisotopic (exact) mass is 289 g/mol. The standard InChI is InChI=1S/C17H27N3O/c1-13(18)17-15(6-5-7-16(17)21-2)20-11-8-14(12-20)19-9-3-4-10-19/h5-7,13-14H,3-4,8-12,18H2,1-2H3/t13-,14?/m0/s1. The number of ether oxygens (including phenoxy) is 1. The number of hydrogen-bond donors (Lipinski definition) is 1. The van der Waals surface area contributed by atoms with Crippen LogP contribution in [0.25, 0.3) is 0 Å². The Hall–Kier alpha value is -1.26. The molecule has 0 aliphatic carbocycles. The van der Waals surface area contributed by atoms with Crippen molar-refractivity contribution in [1.29, 1.82) is 0 Å². The molecule has 4 heteroatoms. The Morgan fingerprint density at radius 1 is 1.24 bits per heavy atom. The molecule has 21 heavy (non-hydrogen) atoms. The van der Waals surface area contributed by atoms with Crippen molar-refractivity contribution in [1.82, 2.24) is 4.90 Å². The zero-order chi connectivity index (χ0) is 14.8. The van der Waals surface area contributed by atoms with Gasteiger partial charge in [-0.15, -0.1) is 0 Å². The normalized spacial score (nSPS) is 24.5. The fourth-order valence-corrected chi connectivity index (χ4v) is 3.81. The van der Waals surface area contributed by atoms with Crippen LogP contribution in [0.1, 0.15) is 37.8 Å². The Balaban J connectivity index is 1.81. The first-order chi connectivity index (χ1) is 10.2. The van der Waals surface area contributed by atoms with E-state index in [2.05, 4.69) is 21.9 Å². The fourth-order valence-electron chi connectivity index (χ4n) is 3.81. The van der Waals surface area contributed by atoms with Crippen LogP contribution in [-0.2, 0) is 0 Å². The summed E-state index contributed by atoms with van der Waals surface area (Å²) in [6, 6.07) is 6.97. The summed E-state index contributed by atoms with van der Waals surface area (Å²) in [5.74, 6) is 0.909. The Labute approximate surface area is 127 Å². The van der Waals surface area contributed by atoms with E-state index >= 15 is 0 Å². The quantitative estimate of drug-likeness (QED) is 0.924. The number of anilines is 1. The van der Waals surface area contributed by atoms with Crippen molar-refractivity contribution in [2.75, 3.05) is 38.2 Å². The molecule has 0 radical (unpaired) electrons. The first kappa shape index (κ1) is 14.7. The maximum Gasteiger partial charge on any atom is 0.125 e. The zero-order valence-electron chi connectivity index (χ0n) is 13.2. The van der Waals surface area contributed by atoms with Crippen LogP contribution in [0.2, 0.25) is 0 Å². The van der Waals surface area contributed by atoms with Gasteiger partial charge in [0.2, 0.25) is 0 Å². The molecule has 2 N–H and O–H groups in total. The summed E-state index contributed by atoms with van der Waals surface area (Å²) in [5, 5.41) is 0. The molecule has 1 aromatic carbocycles. The van der Waals surface area contributed by atoms with Gasteiger partial charge < -0.3 is 15.4 Å². The molecule has 2 aliphatic rings. The van der Waals surface area contributed by atoms with Crippen molar-refractivity contribution in [2.24, 2.45) is 5.73 Å². The zero-order valence-corrected chi connectivity index (χ0v) is 13.2. The first-order valence-electron chi connectivity index (χ1n) is 8.12. The van der Waals surface area contributed by atoms with Crippen LogP contribution < -0.4 is 15.4 Å². The lowest BCUT2D eigenvalue weighted by Gasteiger charge is -2.27. The van der Waals surface area contributed by atoms with Gasteiger partial charge in [0.25, 0.3) is 0 Å². The number of methoxy groups -OCH3 is 1. The molecule has 2 heterocycles. The van der Waals surface area contributed by atoms with Crippen LogP contribution in [-0.4, -0.2) is 44.2 Å². The second-order valence-corrected chi connectivity index (χ2v) is 6.31. The summed E-state index contributed by atoms with van der Waals surface area (Å²) in [6.07, 6.45) is 3.98. The number of nitrogens with two attached hydrogens (primary N) is 1. The topological polar surface area (TPSA) is 41.7 Å². The van der Waals surface area contributed by atoms with Gasteiger partial charge in [0.1, 0.15) is 5.75 Å². The van der Waals surface area contributed by atoms with Crippen LogP contribution in [0.4, 0.5) is 5.69 Å². The predicted octanol–water partition coefficient (Wildman–Crippen LogP) is 2.39. The van der Waals surface area contributed by atoms with Gasteiger partial charge in [0.05, 0.1) is 7.11 Å². The third kappa shape index (κ3) is 2.87. The molecular weight excluding hydrogens is 262 g/mol. The SMILES string of the molecule is COc1cccc(N2CCC(N3CCCC3)C2)c1[C@H](C)N. The third-order valence-electron chi connectivity index (χ3n) is 4.88. The Morgan fingerprint density at radius 3 is 2.67 bits per heavy atom. The lowest BCUT2D eigenvalue weighted by atomic mass is 10.0. The van der Waals surface area contributed by atoms with Gasteiger partial charge >= 0.3 is 0 Å². The lowest BCUT2D eigenvalue weighted by Crippen LogP contribution is -2.35. The third-order valence-corrected chi connectivity index (χ3v) is 4.88. The van der Waals surface area contributed by atoms with Crippen LogP contribution in [0.15, 0.2) is 18.2 Å². The summed E-state index contributed by atoms with van der Waals surface area (Å²) in [7, 11) is 1.72. The minimum Gasteiger partial charge on any atom is -0.496 e. The molecule has 1 unspecified atom stereocenters. The van der Waals surface area contributed by atoms with Crippen LogP contribution in [0.3, 0.4) is 0 Å². The van der Waals surface area contributed by atoms with E-state index in [1.807, 2.05) is 13.0 Å². The van der Waals surface area contributed by atoms with E-state index in [-0.39, 0.29) is 6.04 Å². The molecule has 0 aromatic heterocycles. The fraction of sp³-hybridized carbons (Fsp3) is 0.647. The van der Waals surface area contributed by atoms with Gasteiger partial charge in [0.15, 0.2) is 0 Å². The van der Waals surface area contributed by atoms with Crippen molar-refractivity contribution in [3.63, 3.8) is 0 Å². The molecule has 2 atom stereocenters. The van der Waals surface area contributed by atoms with Gasteiger partial charge in [-0.05, 0) is 51.4 Å². The van der Waals surface area contributed by atoms with Crippen molar-refractivity contribution in [2.45, 2.75) is 38.3 Å². The maximum absolute atomic E-state index is 6.20. The second-order valence-electron chi connectivity index (χ2n) is 6.31. The molecule has 1 aromatic rings. The molecule has 2 fully saturated rings. The highest BCUT2D eigenvalue weighted by Crippen LogP contribution is 2.36. The van der Waals surface area contributed by atoms with E-state index in [9.17, 15) is 0 Å². The van der Waals surface area contributed by atoms with E-state index in [4.69, 9.17) is 10.5 Å². The molecular formula is C17H27N3O. The summed E-state index contributed by atoms with van der Waals surface area (Å²) >= 11 is 0. The van der Waals surface area contributed by atoms with Crippen LogP contribution in [0.5, 0.6) is 5.75 Å². The van der Waals surface area contributed by atoms with Crippen LogP contribution in [0, 0.1) is 0 Å². The highest BCUT2D eigenvalue weighted by Gasteiger charge is 2.31. The maximum atomic E-state index is 6.20. The minimum absolute atomic E-state index is 0.0120. The average molecular weight is 289 g/mol. The van der Waals surface area contributed by atoms with Crippen molar-refractivity contribution in [3.8, 4) is 5.75 Å². The largest absolute Gasteiger partial charge is 0.496 e. The highest BCUT2D eigenvalue weighted by molar-refractivity contribution is 5.61. The van der Waals surface area contributed by atoms with Crippen LogP contribution >= 0.6 is 0 Å². The van der Waals surface area contributed by atoms with Crippen molar-refractivity contribution >= 4 is 5.69 Å². The molecule has 3 rings (SSSR count). The molecule has 2 aliphatic heterocycles. The number of rotatable bonds is 4. The van der Waals surface area contributed by atoms with Crippen molar-refractivity contribution in [3.05, 3.63) is 23.8 Å². The number of benzene rings is 1. The van der Waals surface area contributed by atoms with E-state index in [1.54, 1.807) is 7.11 Å². The molecule has 0 spiro atoms. The number of nitrogens with zero attached hydrogens (tertiary/aromatic N) is 2. The molecule has 4 nitrogen and oxygen atoms in total. The molecule has 0 saturated carbocycles. The Morgan fingerprint density at radius 2 is 2.00 bits per heavy atom. The number of likely N-dealkylation sites (tertiary alicyclic amines) is 1. The predicted molar refractivity (Wildman–Crippen MR) is 87.0 cm³/mol. The first-order valence-corrected chi connectivity index (χ1v) is 8.12. The minimum atomic E-state index is -0.0120. The number of hydrogen-bond acceptors (Lipinski definition) is 4. The molecule has 0 amide bonds. The molecule has 0 bridgehead atoms. The lowest BCUT2D eigenvalue weighted by molar-refractivity contribution is 0.260. The van der Waals surface area contributed by atoms with Gasteiger partial charge in [-0.2, -0.15) is 0 Å². The molecule has 116 valence electrons.